The molecule has 4 nitrogen and oxygen atoms in total. The number of ketones is 1. The molecule has 1 atom stereocenters. The van der Waals surface area contributed by atoms with Crippen LogP contribution in [0.5, 0.6) is 0 Å². The van der Waals surface area contributed by atoms with Gasteiger partial charge in [-0.15, -0.1) is 0 Å². The topological polar surface area (TPSA) is 58.2 Å². The molecular formula is C14H18N2O2. The first-order valence-electron chi connectivity index (χ1n) is 6.29. The van der Waals surface area contributed by atoms with Crippen molar-refractivity contribution in [1.29, 1.82) is 0 Å². The van der Waals surface area contributed by atoms with Crippen molar-refractivity contribution in [2.75, 3.05) is 18.4 Å². The van der Waals surface area contributed by atoms with Gasteiger partial charge >= 0.3 is 0 Å². The van der Waals surface area contributed by atoms with Crippen molar-refractivity contribution in [3.63, 3.8) is 0 Å². The van der Waals surface area contributed by atoms with Crippen LogP contribution in [0.2, 0.25) is 0 Å². The minimum absolute atomic E-state index is 0.0883. The van der Waals surface area contributed by atoms with Gasteiger partial charge in [-0.05, 0) is 43.7 Å². The highest BCUT2D eigenvalue weighted by molar-refractivity contribution is 5.98. The van der Waals surface area contributed by atoms with Crippen LogP contribution >= 0.6 is 0 Å². The van der Waals surface area contributed by atoms with Crippen LogP contribution in [0.3, 0.4) is 0 Å². The van der Waals surface area contributed by atoms with Gasteiger partial charge in [0.15, 0.2) is 5.78 Å². The lowest BCUT2D eigenvalue weighted by atomic mass is 9.91. The van der Waals surface area contributed by atoms with E-state index in [9.17, 15) is 9.59 Å². The van der Waals surface area contributed by atoms with E-state index in [-0.39, 0.29) is 17.6 Å². The Morgan fingerprint density at radius 2 is 2.00 bits per heavy atom. The van der Waals surface area contributed by atoms with Gasteiger partial charge in [0.25, 0.3) is 0 Å². The largest absolute Gasteiger partial charge is 0.326 e. The molecule has 18 heavy (non-hydrogen) atoms. The van der Waals surface area contributed by atoms with Crippen molar-refractivity contribution in [3.8, 4) is 0 Å². The molecule has 0 bridgehead atoms. The number of hydrogen-bond donors (Lipinski definition) is 2. The fraction of sp³-hybridized carbons (Fsp3) is 0.429. The third-order valence-electron chi connectivity index (χ3n) is 3.16. The van der Waals surface area contributed by atoms with Crippen molar-refractivity contribution in [1.82, 2.24) is 5.32 Å². The van der Waals surface area contributed by atoms with Crippen LogP contribution < -0.4 is 10.6 Å². The number of nitrogens with one attached hydrogen (secondary N) is 2. The van der Waals surface area contributed by atoms with Crippen molar-refractivity contribution in [2.45, 2.75) is 19.8 Å². The molecule has 1 saturated heterocycles. The van der Waals surface area contributed by atoms with Gasteiger partial charge in [-0.25, -0.2) is 0 Å². The Kier molecular flexibility index (Phi) is 4.10. The molecule has 1 unspecified atom stereocenters. The molecule has 2 N–H and O–H groups in total. The fourth-order valence-corrected chi connectivity index (χ4v) is 2.23. The zero-order valence-corrected chi connectivity index (χ0v) is 10.5. The molecular weight excluding hydrogens is 228 g/mol. The van der Waals surface area contributed by atoms with E-state index in [2.05, 4.69) is 10.6 Å². The number of amides is 1. The molecule has 0 saturated carbocycles. The van der Waals surface area contributed by atoms with Gasteiger partial charge in [-0.2, -0.15) is 0 Å². The molecule has 1 aliphatic heterocycles. The summed E-state index contributed by atoms with van der Waals surface area (Å²) in [6, 6.07) is 7.10. The smallest absolute Gasteiger partial charge is 0.221 e. The lowest BCUT2D eigenvalue weighted by Gasteiger charge is -2.21. The zero-order chi connectivity index (χ0) is 13.0. The summed E-state index contributed by atoms with van der Waals surface area (Å²) in [4.78, 5) is 23.1. The molecule has 1 aromatic rings. The van der Waals surface area contributed by atoms with Gasteiger partial charge in [0, 0.05) is 30.6 Å². The summed E-state index contributed by atoms with van der Waals surface area (Å²) in [7, 11) is 0. The Labute approximate surface area is 107 Å². The molecule has 0 aromatic heterocycles. The van der Waals surface area contributed by atoms with Crippen LogP contribution in [0.15, 0.2) is 24.3 Å². The van der Waals surface area contributed by atoms with E-state index in [4.69, 9.17) is 0 Å². The number of carbonyl (C=O) groups is 2. The molecule has 0 aliphatic carbocycles. The van der Waals surface area contributed by atoms with E-state index >= 15 is 0 Å². The minimum atomic E-state index is -0.106. The Hall–Kier alpha value is -1.68. The second-order valence-corrected chi connectivity index (χ2v) is 4.67. The first-order valence-corrected chi connectivity index (χ1v) is 6.29. The first-order chi connectivity index (χ1) is 8.66. The summed E-state index contributed by atoms with van der Waals surface area (Å²) >= 11 is 0. The number of Topliss-reactive ketones (excluding diaryl/α,β-unsaturated/α-hetero) is 1. The van der Waals surface area contributed by atoms with Gasteiger partial charge in [0.05, 0.1) is 0 Å². The molecule has 1 heterocycles. The second-order valence-electron chi connectivity index (χ2n) is 4.67. The highest BCUT2D eigenvalue weighted by Crippen LogP contribution is 2.18. The van der Waals surface area contributed by atoms with Crippen molar-refractivity contribution in [2.24, 2.45) is 5.92 Å². The molecule has 96 valence electrons. The van der Waals surface area contributed by atoms with E-state index in [1.807, 2.05) is 0 Å². The highest BCUT2D eigenvalue weighted by Gasteiger charge is 2.21. The van der Waals surface area contributed by atoms with Crippen molar-refractivity contribution in [3.05, 3.63) is 29.8 Å². The predicted octanol–water partition coefficient (Wildman–Crippen LogP) is 1.83. The monoisotopic (exact) mass is 246 g/mol. The molecule has 1 amide bonds. The molecule has 2 rings (SSSR count). The van der Waals surface area contributed by atoms with Crippen molar-refractivity contribution < 1.29 is 9.59 Å². The maximum atomic E-state index is 12.2. The summed E-state index contributed by atoms with van der Waals surface area (Å²) in [6.07, 6.45) is 2.01. The van der Waals surface area contributed by atoms with E-state index in [1.54, 1.807) is 24.3 Å². The summed E-state index contributed by atoms with van der Waals surface area (Å²) in [5.74, 6) is 0.174. The van der Waals surface area contributed by atoms with Crippen LogP contribution in [0.25, 0.3) is 0 Å². The normalized spacial score (nSPS) is 19.3. The van der Waals surface area contributed by atoms with Crippen LogP contribution in [0.1, 0.15) is 30.1 Å². The van der Waals surface area contributed by atoms with Gasteiger partial charge in [-0.1, -0.05) is 0 Å². The van der Waals surface area contributed by atoms with E-state index < -0.39 is 0 Å². The number of piperidine rings is 1. The SMILES string of the molecule is CC(=O)Nc1ccc(C(=O)C2CCCNC2)cc1. The second kappa shape index (κ2) is 5.78. The zero-order valence-electron chi connectivity index (χ0n) is 10.5. The third kappa shape index (κ3) is 3.17. The molecule has 1 fully saturated rings. The van der Waals surface area contributed by atoms with Gasteiger partial charge < -0.3 is 10.6 Å². The highest BCUT2D eigenvalue weighted by atomic mass is 16.1. The molecule has 1 aromatic carbocycles. The molecule has 1 aliphatic rings. The van der Waals surface area contributed by atoms with E-state index in [0.29, 0.717) is 0 Å². The van der Waals surface area contributed by atoms with Crippen LogP contribution in [0.4, 0.5) is 5.69 Å². The van der Waals surface area contributed by atoms with Crippen LogP contribution in [0, 0.1) is 5.92 Å². The summed E-state index contributed by atoms with van der Waals surface area (Å²) in [5.41, 5.74) is 1.44. The van der Waals surface area contributed by atoms with Gasteiger partial charge in [0.2, 0.25) is 5.91 Å². The minimum Gasteiger partial charge on any atom is -0.326 e. The third-order valence-corrected chi connectivity index (χ3v) is 3.16. The Balaban J connectivity index is 2.04. The lowest BCUT2D eigenvalue weighted by Crippen LogP contribution is -2.34. The van der Waals surface area contributed by atoms with Gasteiger partial charge in [0.1, 0.15) is 0 Å². The average Bonchev–Trinajstić information content (AvgIpc) is 2.39. The standard InChI is InChI=1S/C14H18N2O2/c1-10(17)16-13-6-4-11(5-7-13)14(18)12-3-2-8-15-9-12/h4-7,12,15H,2-3,8-9H2,1H3,(H,16,17). The van der Waals surface area contributed by atoms with Gasteiger partial charge in [-0.3, -0.25) is 9.59 Å². The Morgan fingerprint density at radius 1 is 1.28 bits per heavy atom. The number of anilines is 1. The quantitative estimate of drug-likeness (QED) is 0.800. The predicted molar refractivity (Wildman–Crippen MR) is 70.7 cm³/mol. The first kappa shape index (κ1) is 12.8. The van der Waals surface area contributed by atoms with Crippen molar-refractivity contribution >= 4 is 17.4 Å². The summed E-state index contributed by atoms with van der Waals surface area (Å²) < 4.78 is 0. The molecule has 0 spiro atoms. The fourth-order valence-electron chi connectivity index (χ4n) is 2.23. The average molecular weight is 246 g/mol. The van der Waals surface area contributed by atoms with E-state index in [0.717, 1.165) is 37.2 Å². The van der Waals surface area contributed by atoms with E-state index in [1.165, 1.54) is 6.92 Å². The maximum Gasteiger partial charge on any atom is 0.221 e. The summed E-state index contributed by atoms with van der Waals surface area (Å²) in [5, 5.41) is 5.93. The Bertz CT molecular complexity index is 434. The number of carbonyl (C=O) groups excluding carboxylic acids is 2. The van der Waals surface area contributed by atoms with Crippen LogP contribution in [-0.2, 0) is 4.79 Å². The number of hydrogen-bond acceptors (Lipinski definition) is 3. The molecule has 4 heteroatoms. The summed E-state index contributed by atoms with van der Waals surface area (Å²) in [6.45, 7) is 3.24. The number of benzene rings is 1. The lowest BCUT2D eigenvalue weighted by molar-refractivity contribution is -0.114. The maximum absolute atomic E-state index is 12.2. The molecule has 0 radical (unpaired) electrons. The Morgan fingerprint density at radius 3 is 2.56 bits per heavy atom. The number of rotatable bonds is 3. The van der Waals surface area contributed by atoms with Crippen LogP contribution in [-0.4, -0.2) is 24.8 Å².